The largest absolute Gasteiger partial charge is 0.490 e. The van der Waals surface area contributed by atoms with Crippen LogP contribution in [0, 0.1) is 5.92 Å². The molecule has 0 atom stereocenters. The van der Waals surface area contributed by atoms with E-state index in [-0.39, 0.29) is 11.5 Å². The minimum atomic E-state index is -0.449. The van der Waals surface area contributed by atoms with Crippen molar-refractivity contribution in [1.29, 1.82) is 0 Å². The molecule has 0 aliphatic rings. The lowest BCUT2D eigenvalue weighted by atomic mass is 10.1. The number of aromatic amines is 1. The summed E-state index contributed by atoms with van der Waals surface area (Å²) in [5, 5.41) is 3.30. The molecule has 1 amide bonds. The van der Waals surface area contributed by atoms with Gasteiger partial charge in [-0.1, -0.05) is 20.3 Å². The van der Waals surface area contributed by atoms with Gasteiger partial charge in [-0.25, -0.2) is 4.79 Å². The van der Waals surface area contributed by atoms with Gasteiger partial charge in [0.15, 0.2) is 11.5 Å². The molecule has 8 heteroatoms. The Bertz CT molecular complexity index is 978. The van der Waals surface area contributed by atoms with Crippen molar-refractivity contribution in [3.63, 3.8) is 0 Å². The predicted octanol–water partition coefficient (Wildman–Crippen LogP) is 3.21. The maximum Gasteiger partial charge on any atom is 0.328 e. The van der Waals surface area contributed by atoms with Gasteiger partial charge in [0.2, 0.25) is 5.91 Å². The van der Waals surface area contributed by atoms with Crippen LogP contribution in [0.2, 0.25) is 0 Å². The maximum atomic E-state index is 12.9. The van der Waals surface area contributed by atoms with Crippen molar-refractivity contribution in [2.24, 2.45) is 5.92 Å². The van der Waals surface area contributed by atoms with Gasteiger partial charge in [-0.15, -0.1) is 0 Å². The van der Waals surface area contributed by atoms with Gasteiger partial charge in [0.05, 0.1) is 24.1 Å². The van der Waals surface area contributed by atoms with Gasteiger partial charge in [0, 0.05) is 25.6 Å². The normalized spacial score (nSPS) is 11.1. The van der Waals surface area contributed by atoms with Gasteiger partial charge in [-0.2, -0.15) is 0 Å². The number of H-pyrrole nitrogens is 1. The van der Waals surface area contributed by atoms with E-state index in [9.17, 15) is 14.4 Å². The van der Waals surface area contributed by atoms with Crippen molar-refractivity contribution in [2.75, 3.05) is 19.8 Å². The lowest BCUT2D eigenvalue weighted by Crippen LogP contribution is -2.35. The SMILES string of the molecule is CCOc1cc2[nH]c(=O)n(CCCCCC(=O)NCCC(C)C)c(=O)c2cc1OCC. The molecule has 0 aliphatic heterocycles. The first-order valence-corrected chi connectivity index (χ1v) is 11.2. The molecule has 1 heterocycles. The zero-order valence-corrected chi connectivity index (χ0v) is 19.1. The van der Waals surface area contributed by atoms with Crippen LogP contribution in [0.4, 0.5) is 0 Å². The van der Waals surface area contributed by atoms with E-state index in [0.29, 0.717) is 67.5 Å². The number of unbranched alkanes of at least 4 members (excludes halogenated alkanes) is 2. The first kappa shape index (κ1) is 24.5. The molecule has 2 aromatic rings. The zero-order valence-electron chi connectivity index (χ0n) is 19.1. The molecular formula is C23H35N3O5. The number of aromatic nitrogens is 2. The molecule has 2 N–H and O–H groups in total. The highest BCUT2D eigenvalue weighted by Gasteiger charge is 2.13. The number of hydrogen-bond acceptors (Lipinski definition) is 5. The molecule has 172 valence electrons. The number of amides is 1. The van der Waals surface area contributed by atoms with E-state index in [4.69, 9.17) is 9.47 Å². The second-order valence-corrected chi connectivity index (χ2v) is 7.94. The van der Waals surface area contributed by atoms with Crippen molar-refractivity contribution >= 4 is 16.8 Å². The van der Waals surface area contributed by atoms with E-state index < -0.39 is 5.69 Å². The number of carbonyl (C=O) groups is 1. The Hall–Kier alpha value is -2.77. The standard InChI is InChI=1S/C23H35N3O5/c1-5-30-19-14-17-18(15-20(19)31-6-2)25-23(29)26(22(17)28)13-9-7-8-10-21(27)24-12-11-16(3)4/h14-16H,5-13H2,1-4H3,(H,24,27)(H,25,29). The molecule has 31 heavy (non-hydrogen) atoms. The Morgan fingerprint density at radius 3 is 2.39 bits per heavy atom. The summed E-state index contributed by atoms with van der Waals surface area (Å²) in [6, 6.07) is 3.26. The quantitative estimate of drug-likeness (QED) is 0.472. The molecule has 8 nitrogen and oxygen atoms in total. The first-order valence-electron chi connectivity index (χ1n) is 11.2. The smallest absolute Gasteiger partial charge is 0.328 e. The van der Waals surface area contributed by atoms with Crippen LogP contribution >= 0.6 is 0 Å². The van der Waals surface area contributed by atoms with E-state index in [1.54, 1.807) is 12.1 Å². The summed E-state index contributed by atoms with van der Waals surface area (Å²) in [6.07, 6.45) is 3.55. The zero-order chi connectivity index (χ0) is 22.8. The highest BCUT2D eigenvalue weighted by atomic mass is 16.5. The van der Waals surface area contributed by atoms with Crippen LogP contribution in [0.5, 0.6) is 11.5 Å². The second-order valence-electron chi connectivity index (χ2n) is 7.94. The molecule has 0 saturated heterocycles. The minimum Gasteiger partial charge on any atom is -0.490 e. The van der Waals surface area contributed by atoms with Crippen LogP contribution in [-0.4, -0.2) is 35.2 Å². The highest BCUT2D eigenvalue weighted by molar-refractivity contribution is 5.81. The molecule has 0 saturated carbocycles. The Balaban J connectivity index is 2.01. The van der Waals surface area contributed by atoms with E-state index >= 15 is 0 Å². The van der Waals surface area contributed by atoms with Crippen LogP contribution in [0.15, 0.2) is 21.7 Å². The van der Waals surface area contributed by atoms with E-state index in [0.717, 1.165) is 19.3 Å². The third-order valence-electron chi connectivity index (χ3n) is 4.98. The van der Waals surface area contributed by atoms with Crippen molar-refractivity contribution in [3.8, 4) is 11.5 Å². The lowest BCUT2D eigenvalue weighted by molar-refractivity contribution is -0.121. The van der Waals surface area contributed by atoms with Gasteiger partial charge >= 0.3 is 5.69 Å². The molecule has 0 unspecified atom stereocenters. The molecule has 0 spiro atoms. The molecule has 1 aromatic heterocycles. The molecule has 0 bridgehead atoms. The second kappa shape index (κ2) is 12.2. The van der Waals surface area contributed by atoms with Gasteiger partial charge in [0.1, 0.15) is 0 Å². The first-order chi connectivity index (χ1) is 14.9. The van der Waals surface area contributed by atoms with Crippen molar-refractivity contribution < 1.29 is 14.3 Å². The van der Waals surface area contributed by atoms with Gasteiger partial charge in [0.25, 0.3) is 5.56 Å². The van der Waals surface area contributed by atoms with Crippen LogP contribution < -0.4 is 26.0 Å². The number of fused-ring (bicyclic) bond motifs is 1. The minimum absolute atomic E-state index is 0.0509. The number of nitrogens with one attached hydrogen (secondary N) is 2. The Morgan fingerprint density at radius 2 is 1.74 bits per heavy atom. The molecule has 1 aromatic carbocycles. The van der Waals surface area contributed by atoms with Crippen LogP contribution in [0.3, 0.4) is 0 Å². The van der Waals surface area contributed by atoms with Crippen LogP contribution in [0.25, 0.3) is 10.9 Å². The topological polar surface area (TPSA) is 102 Å². The fourth-order valence-electron chi connectivity index (χ4n) is 3.32. The van der Waals surface area contributed by atoms with E-state index in [2.05, 4.69) is 24.1 Å². The number of rotatable bonds is 13. The summed E-state index contributed by atoms with van der Waals surface area (Å²) in [5.74, 6) is 1.59. The molecule has 2 rings (SSSR count). The highest BCUT2D eigenvalue weighted by Crippen LogP contribution is 2.30. The predicted molar refractivity (Wildman–Crippen MR) is 122 cm³/mol. The number of benzene rings is 1. The molecular weight excluding hydrogens is 398 g/mol. The van der Waals surface area contributed by atoms with Gasteiger partial charge in [-0.3, -0.25) is 14.2 Å². The van der Waals surface area contributed by atoms with Gasteiger partial charge < -0.3 is 19.8 Å². The number of ether oxygens (including phenoxy) is 2. The number of nitrogens with zero attached hydrogens (tertiary/aromatic N) is 1. The molecule has 0 aliphatic carbocycles. The summed E-state index contributed by atoms with van der Waals surface area (Å²) < 4.78 is 12.4. The number of carbonyl (C=O) groups excluding carboxylic acids is 1. The summed E-state index contributed by atoms with van der Waals surface area (Å²) in [4.78, 5) is 39.9. The van der Waals surface area contributed by atoms with Crippen molar-refractivity contribution in [3.05, 3.63) is 33.0 Å². The Morgan fingerprint density at radius 1 is 1.06 bits per heavy atom. The summed E-state index contributed by atoms with van der Waals surface area (Å²) in [5.41, 5.74) is -0.374. The van der Waals surface area contributed by atoms with Crippen LogP contribution in [0.1, 0.15) is 59.8 Å². The lowest BCUT2D eigenvalue weighted by Gasteiger charge is -2.13. The Kier molecular flexibility index (Phi) is 9.62. The average Bonchev–Trinajstić information content (AvgIpc) is 2.71. The Labute approximate surface area is 182 Å². The number of hydrogen-bond donors (Lipinski definition) is 2. The van der Waals surface area contributed by atoms with Gasteiger partial charge in [-0.05, 0) is 45.1 Å². The molecule has 0 fully saturated rings. The average molecular weight is 434 g/mol. The monoisotopic (exact) mass is 433 g/mol. The maximum absolute atomic E-state index is 12.9. The fraction of sp³-hybridized carbons (Fsp3) is 0.609. The van der Waals surface area contributed by atoms with E-state index in [1.165, 1.54) is 4.57 Å². The summed E-state index contributed by atoms with van der Waals surface area (Å²) >= 11 is 0. The third kappa shape index (κ3) is 7.15. The van der Waals surface area contributed by atoms with Crippen molar-refractivity contribution in [2.45, 2.75) is 66.3 Å². The van der Waals surface area contributed by atoms with E-state index in [1.807, 2.05) is 13.8 Å². The fourth-order valence-corrected chi connectivity index (χ4v) is 3.32. The summed E-state index contributed by atoms with van der Waals surface area (Å²) in [6.45, 7) is 9.85. The van der Waals surface area contributed by atoms with Crippen molar-refractivity contribution in [1.82, 2.24) is 14.9 Å². The summed E-state index contributed by atoms with van der Waals surface area (Å²) in [7, 11) is 0. The molecule has 0 radical (unpaired) electrons. The van der Waals surface area contributed by atoms with Crippen LogP contribution in [-0.2, 0) is 11.3 Å². The third-order valence-corrected chi connectivity index (χ3v) is 4.98.